The molecule has 0 aromatic carbocycles. The summed E-state index contributed by atoms with van der Waals surface area (Å²) >= 11 is 0. The highest BCUT2D eigenvalue weighted by Gasteiger charge is 2.13. The Morgan fingerprint density at radius 1 is 0.700 bits per heavy atom. The molecule has 0 rings (SSSR count). The van der Waals surface area contributed by atoms with Gasteiger partial charge in [-0.1, -0.05) is 13.2 Å². The van der Waals surface area contributed by atoms with Crippen LogP contribution in [-0.4, -0.2) is 87.2 Å². The van der Waals surface area contributed by atoms with E-state index in [4.69, 9.17) is 28.4 Å². The van der Waals surface area contributed by atoms with Crippen LogP contribution in [0.1, 0.15) is 27.7 Å². The monoisotopic (exact) mass is 432 g/mol. The third-order valence-electron chi connectivity index (χ3n) is 3.52. The van der Waals surface area contributed by atoms with Crippen molar-refractivity contribution in [1.29, 1.82) is 0 Å². The Kier molecular flexibility index (Phi) is 16.0. The van der Waals surface area contributed by atoms with E-state index in [1.807, 2.05) is 13.8 Å². The normalized spacial score (nSPS) is 16.0. The Labute approximate surface area is 178 Å². The third-order valence-corrected chi connectivity index (χ3v) is 3.52. The van der Waals surface area contributed by atoms with E-state index in [9.17, 15) is 14.7 Å². The van der Waals surface area contributed by atoms with Crippen LogP contribution in [0.4, 0.5) is 0 Å². The summed E-state index contributed by atoms with van der Waals surface area (Å²) in [7, 11) is 0. The predicted molar refractivity (Wildman–Crippen MR) is 110 cm³/mol. The highest BCUT2D eigenvalue weighted by atomic mass is 16.6. The zero-order valence-corrected chi connectivity index (χ0v) is 18.4. The smallest absolute Gasteiger partial charge is 0.330 e. The highest BCUT2D eigenvalue weighted by molar-refractivity contribution is 5.81. The lowest BCUT2D eigenvalue weighted by Crippen LogP contribution is -2.29. The Morgan fingerprint density at radius 3 is 1.53 bits per heavy atom. The number of aliphatic hydroxyl groups excluding tert-OH is 1. The number of aliphatic hydroxyl groups is 1. The lowest BCUT2D eigenvalue weighted by molar-refractivity contribution is -0.147. The third kappa shape index (κ3) is 16.1. The fourth-order valence-electron chi connectivity index (χ4n) is 2.04. The minimum absolute atomic E-state index is 0.0602. The number of hydrogen-bond acceptors (Lipinski definition) is 9. The Morgan fingerprint density at radius 2 is 1.07 bits per heavy atom. The predicted octanol–water partition coefficient (Wildman–Crippen LogP) is 1.43. The molecule has 0 amide bonds. The molecule has 0 aromatic heterocycles. The van der Waals surface area contributed by atoms with Gasteiger partial charge in [0.1, 0.15) is 18.3 Å². The van der Waals surface area contributed by atoms with Gasteiger partial charge in [0.05, 0.1) is 51.8 Å². The van der Waals surface area contributed by atoms with Crippen molar-refractivity contribution in [3.63, 3.8) is 0 Å². The van der Waals surface area contributed by atoms with Crippen LogP contribution in [0.5, 0.6) is 0 Å². The number of esters is 2. The molecule has 0 aliphatic carbocycles. The van der Waals surface area contributed by atoms with Crippen molar-refractivity contribution in [3.05, 3.63) is 25.3 Å². The van der Waals surface area contributed by atoms with Crippen molar-refractivity contribution in [2.75, 3.05) is 39.6 Å². The fraction of sp³-hybridized carbons (Fsp3) is 0.714. The molecular weight excluding hydrogens is 396 g/mol. The quantitative estimate of drug-likeness (QED) is 0.254. The molecule has 0 heterocycles. The molecule has 0 bridgehead atoms. The van der Waals surface area contributed by atoms with Crippen LogP contribution in [0.3, 0.4) is 0 Å². The molecule has 0 spiro atoms. The standard InChI is InChI=1S/C21H36O9/c1-7-20(23)29-17(5)10-26-14-19(22)13-25-9-15(3)27-11-16(4)28-12-18(6)30-21(24)8-2/h7-8,15-19,22H,1-2,9-14H2,3-6H3. The molecule has 0 radical (unpaired) electrons. The zero-order chi connectivity index (χ0) is 22.9. The molecule has 0 aromatic rings. The van der Waals surface area contributed by atoms with Gasteiger partial charge in [0.2, 0.25) is 0 Å². The van der Waals surface area contributed by atoms with Crippen molar-refractivity contribution in [3.8, 4) is 0 Å². The van der Waals surface area contributed by atoms with Gasteiger partial charge in [0.15, 0.2) is 0 Å². The molecule has 174 valence electrons. The summed E-state index contributed by atoms with van der Waals surface area (Å²) in [6, 6.07) is 0. The minimum Gasteiger partial charge on any atom is -0.457 e. The molecule has 0 aliphatic rings. The van der Waals surface area contributed by atoms with E-state index in [1.54, 1.807) is 13.8 Å². The number of ether oxygens (including phenoxy) is 6. The van der Waals surface area contributed by atoms with Crippen LogP contribution in [-0.2, 0) is 38.0 Å². The second-order valence-corrected chi connectivity index (χ2v) is 6.92. The lowest BCUT2D eigenvalue weighted by atomic mass is 10.3. The molecule has 0 saturated heterocycles. The molecule has 0 saturated carbocycles. The molecule has 9 heteroatoms. The van der Waals surface area contributed by atoms with E-state index in [0.717, 1.165) is 12.2 Å². The van der Waals surface area contributed by atoms with Crippen LogP contribution < -0.4 is 0 Å². The first-order valence-electron chi connectivity index (χ1n) is 9.90. The van der Waals surface area contributed by atoms with E-state index in [1.165, 1.54) is 0 Å². The molecular formula is C21H36O9. The first kappa shape index (κ1) is 28.2. The van der Waals surface area contributed by atoms with E-state index < -0.39 is 24.1 Å². The maximum atomic E-state index is 11.1. The van der Waals surface area contributed by atoms with Gasteiger partial charge in [0, 0.05) is 12.2 Å². The van der Waals surface area contributed by atoms with E-state index in [0.29, 0.717) is 13.2 Å². The van der Waals surface area contributed by atoms with Gasteiger partial charge in [0.25, 0.3) is 0 Å². The summed E-state index contributed by atoms with van der Waals surface area (Å²) in [5.74, 6) is -1.01. The summed E-state index contributed by atoms with van der Waals surface area (Å²) in [6.45, 7) is 15.0. The number of carbonyl (C=O) groups excluding carboxylic acids is 2. The van der Waals surface area contributed by atoms with Crippen molar-refractivity contribution in [2.24, 2.45) is 0 Å². The molecule has 5 atom stereocenters. The van der Waals surface area contributed by atoms with E-state index in [-0.39, 0.29) is 44.7 Å². The van der Waals surface area contributed by atoms with Crippen LogP contribution >= 0.6 is 0 Å². The number of rotatable bonds is 18. The first-order chi connectivity index (χ1) is 14.2. The lowest BCUT2D eigenvalue weighted by Gasteiger charge is -2.20. The molecule has 1 N–H and O–H groups in total. The van der Waals surface area contributed by atoms with Crippen LogP contribution in [0, 0.1) is 0 Å². The van der Waals surface area contributed by atoms with Gasteiger partial charge >= 0.3 is 11.9 Å². The van der Waals surface area contributed by atoms with Crippen LogP contribution in [0.15, 0.2) is 25.3 Å². The average Bonchev–Trinajstić information content (AvgIpc) is 2.70. The highest BCUT2D eigenvalue weighted by Crippen LogP contribution is 2.02. The van der Waals surface area contributed by atoms with Gasteiger partial charge in [-0.05, 0) is 27.7 Å². The van der Waals surface area contributed by atoms with Gasteiger partial charge in [-0.25, -0.2) is 9.59 Å². The number of carbonyl (C=O) groups is 2. The SMILES string of the molecule is C=CC(=O)OC(C)COCC(O)COCC(C)OCC(C)OCC(C)OC(=O)C=C. The Hall–Kier alpha value is -1.78. The summed E-state index contributed by atoms with van der Waals surface area (Å²) in [5.41, 5.74) is 0. The van der Waals surface area contributed by atoms with E-state index in [2.05, 4.69) is 13.2 Å². The summed E-state index contributed by atoms with van der Waals surface area (Å²) in [4.78, 5) is 22.1. The fourth-order valence-corrected chi connectivity index (χ4v) is 2.04. The molecule has 9 nitrogen and oxygen atoms in total. The first-order valence-corrected chi connectivity index (χ1v) is 9.90. The second kappa shape index (κ2) is 17.0. The summed E-state index contributed by atoms with van der Waals surface area (Å²) < 4.78 is 31.9. The van der Waals surface area contributed by atoms with Gasteiger partial charge in [-0.15, -0.1) is 0 Å². The molecule has 5 unspecified atom stereocenters. The van der Waals surface area contributed by atoms with E-state index >= 15 is 0 Å². The maximum absolute atomic E-state index is 11.1. The molecule has 0 aliphatic heterocycles. The van der Waals surface area contributed by atoms with Gasteiger partial charge in [-0.3, -0.25) is 0 Å². The van der Waals surface area contributed by atoms with Crippen LogP contribution in [0.2, 0.25) is 0 Å². The van der Waals surface area contributed by atoms with Crippen molar-refractivity contribution >= 4 is 11.9 Å². The van der Waals surface area contributed by atoms with Crippen molar-refractivity contribution in [1.82, 2.24) is 0 Å². The minimum atomic E-state index is -0.804. The largest absolute Gasteiger partial charge is 0.457 e. The Balaban J connectivity index is 3.77. The second-order valence-electron chi connectivity index (χ2n) is 6.92. The zero-order valence-electron chi connectivity index (χ0n) is 18.4. The summed E-state index contributed by atoms with van der Waals surface area (Å²) in [6.07, 6.45) is 0.192. The maximum Gasteiger partial charge on any atom is 0.330 e. The topological polar surface area (TPSA) is 110 Å². The van der Waals surface area contributed by atoms with Crippen LogP contribution in [0.25, 0.3) is 0 Å². The average molecular weight is 433 g/mol. The van der Waals surface area contributed by atoms with Crippen molar-refractivity contribution < 1.29 is 43.1 Å². The van der Waals surface area contributed by atoms with Crippen molar-refractivity contribution in [2.45, 2.75) is 58.2 Å². The molecule has 30 heavy (non-hydrogen) atoms. The Bertz CT molecular complexity index is 509. The number of hydrogen-bond donors (Lipinski definition) is 1. The summed E-state index contributed by atoms with van der Waals surface area (Å²) in [5, 5.41) is 9.85. The molecule has 0 fully saturated rings. The van der Waals surface area contributed by atoms with Gasteiger partial charge in [-0.2, -0.15) is 0 Å². The van der Waals surface area contributed by atoms with Gasteiger partial charge < -0.3 is 33.5 Å².